The predicted octanol–water partition coefficient (Wildman–Crippen LogP) is 2.19. The van der Waals surface area contributed by atoms with Crippen LogP contribution in [0.25, 0.3) is 0 Å². The molecule has 0 saturated heterocycles. The van der Waals surface area contributed by atoms with Crippen LogP contribution in [0.15, 0.2) is 48.5 Å². The monoisotopic (exact) mass is 301 g/mol. The topological polar surface area (TPSA) is 57.6 Å². The van der Waals surface area contributed by atoms with Gasteiger partial charge in [-0.3, -0.25) is 14.5 Å². The molecule has 0 bridgehead atoms. The molecule has 1 atom stereocenters. The summed E-state index contributed by atoms with van der Waals surface area (Å²) in [6, 6.07) is 13.2. The largest absolute Gasteiger partial charge is 0.372 e. The van der Waals surface area contributed by atoms with Crippen LogP contribution < -0.4 is 0 Å². The first kappa shape index (κ1) is 13.8. The maximum absolute atomic E-state index is 12.6. The lowest BCUT2D eigenvalue weighted by atomic mass is 9.79. The summed E-state index contributed by atoms with van der Waals surface area (Å²) in [5.74, 6) is -1.18. The Kier molecular flexibility index (Phi) is 3.08. The molecular weight excluding hydrogens is 290 g/mol. The van der Waals surface area contributed by atoms with E-state index in [2.05, 4.69) is 0 Å². The van der Waals surface area contributed by atoms with Gasteiger partial charge in [-0.05, 0) is 17.7 Å². The summed E-state index contributed by atoms with van der Waals surface area (Å²) < 4.78 is 0. The molecule has 21 heavy (non-hydrogen) atoms. The molecule has 0 saturated carbocycles. The van der Waals surface area contributed by atoms with Gasteiger partial charge in [-0.1, -0.05) is 48.0 Å². The first-order chi connectivity index (χ1) is 9.98. The number of halogens is 1. The van der Waals surface area contributed by atoms with Gasteiger partial charge in [-0.15, -0.1) is 0 Å². The van der Waals surface area contributed by atoms with Gasteiger partial charge in [-0.2, -0.15) is 0 Å². The van der Waals surface area contributed by atoms with Crippen molar-refractivity contribution in [2.45, 2.75) is 5.60 Å². The third-order valence-electron chi connectivity index (χ3n) is 3.72. The van der Waals surface area contributed by atoms with Gasteiger partial charge in [-0.25, -0.2) is 0 Å². The number of aliphatic hydroxyl groups is 1. The fourth-order valence-electron chi connectivity index (χ4n) is 2.64. The molecule has 4 nitrogen and oxygen atoms in total. The number of likely N-dealkylation sites (N-methyl/N-ethyl adjacent to an activating group) is 1. The molecule has 2 amide bonds. The van der Waals surface area contributed by atoms with Crippen molar-refractivity contribution in [3.63, 3.8) is 0 Å². The molecule has 1 heterocycles. The van der Waals surface area contributed by atoms with E-state index in [1.807, 2.05) is 0 Å². The molecule has 1 aliphatic heterocycles. The first-order valence-corrected chi connectivity index (χ1v) is 6.75. The molecule has 0 spiro atoms. The molecule has 0 aliphatic carbocycles. The molecule has 0 fully saturated rings. The van der Waals surface area contributed by atoms with Crippen molar-refractivity contribution in [2.24, 2.45) is 0 Å². The van der Waals surface area contributed by atoms with E-state index >= 15 is 0 Å². The summed E-state index contributed by atoms with van der Waals surface area (Å²) in [6.45, 7) is 0. The molecule has 5 heteroatoms. The Morgan fingerprint density at radius 3 is 2.38 bits per heavy atom. The SMILES string of the molecule is CN1C(=O)c2cccc(Cl)c2C(O)(c2ccccc2)C1=O. The van der Waals surface area contributed by atoms with Crippen LogP contribution in [-0.2, 0) is 10.4 Å². The zero-order chi connectivity index (χ0) is 15.2. The first-order valence-electron chi connectivity index (χ1n) is 6.37. The highest BCUT2D eigenvalue weighted by Crippen LogP contribution is 2.41. The fraction of sp³-hybridized carbons (Fsp3) is 0.125. The number of benzene rings is 2. The summed E-state index contributed by atoms with van der Waals surface area (Å²) in [5, 5.41) is 11.3. The Hall–Kier alpha value is -2.17. The van der Waals surface area contributed by atoms with E-state index < -0.39 is 17.4 Å². The van der Waals surface area contributed by atoms with E-state index in [1.54, 1.807) is 48.5 Å². The minimum Gasteiger partial charge on any atom is -0.372 e. The van der Waals surface area contributed by atoms with E-state index in [0.29, 0.717) is 5.56 Å². The summed E-state index contributed by atoms with van der Waals surface area (Å²) >= 11 is 6.17. The highest BCUT2D eigenvalue weighted by atomic mass is 35.5. The molecule has 1 aliphatic rings. The zero-order valence-corrected chi connectivity index (χ0v) is 12.0. The van der Waals surface area contributed by atoms with Crippen molar-refractivity contribution in [1.29, 1.82) is 0 Å². The van der Waals surface area contributed by atoms with Crippen LogP contribution in [0.2, 0.25) is 5.02 Å². The Bertz CT molecular complexity index is 744. The minimum atomic E-state index is -1.96. The van der Waals surface area contributed by atoms with Crippen LogP contribution in [0, 0.1) is 0 Å². The summed E-state index contributed by atoms with van der Waals surface area (Å²) in [5.41, 5.74) is -1.21. The third-order valence-corrected chi connectivity index (χ3v) is 4.03. The van der Waals surface area contributed by atoms with Gasteiger partial charge in [0.2, 0.25) is 0 Å². The second-order valence-corrected chi connectivity index (χ2v) is 5.32. The van der Waals surface area contributed by atoms with Crippen molar-refractivity contribution < 1.29 is 14.7 Å². The van der Waals surface area contributed by atoms with Crippen LogP contribution in [0.1, 0.15) is 21.5 Å². The van der Waals surface area contributed by atoms with Crippen molar-refractivity contribution in [3.05, 3.63) is 70.2 Å². The standard InChI is InChI=1S/C16H12ClNO3/c1-18-14(19)11-8-5-9-12(17)13(11)16(21,15(18)20)10-6-3-2-4-7-10/h2-9,21H,1H3. The van der Waals surface area contributed by atoms with Gasteiger partial charge in [0, 0.05) is 23.2 Å². The van der Waals surface area contributed by atoms with Crippen LogP contribution in [0.4, 0.5) is 0 Å². The van der Waals surface area contributed by atoms with Gasteiger partial charge >= 0.3 is 0 Å². The van der Waals surface area contributed by atoms with E-state index in [4.69, 9.17) is 11.6 Å². The number of carbonyl (C=O) groups is 2. The maximum Gasteiger partial charge on any atom is 0.270 e. The van der Waals surface area contributed by atoms with Crippen LogP contribution in [-0.4, -0.2) is 28.9 Å². The fourth-order valence-corrected chi connectivity index (χ4v) is 2.95. The van der Waals surface area contributed by atoms with E-state index in [-0.39, 0.29) is 16.1 Å². The zero-order valence-electron chi connectivity index (χ0n) is 11.2. The Balaban J connectivity index is 2.38. The van der Waals surface area contributed by atoms with Crippen LogP contribution in [0.3, 0.4) is 0 Å². The second kappa shape index (κ2) is 4.69. The summed E-state index contributed by atoms with van der Waals surface area (Å²) in [4.78, 5) is 25.7. The summed E-state index contributed by atoms with van der Waals surface area (Å²) in [7, 11) is 1.35. The van der Waals surface area contributed by atoms with Gasteiger partial charge in [0.15, 0.2) is 5.60 Å². The average Bonchev–Trinajstić information content (AvgIpc) is 2.51. The van der Waals surface area contributed by atoms with E-state index in [0.717, 1.165) is 4.90 Å². The quantitative estimate of drug-likeness (QED) is 0.822. The minimum absolute atomic E-state index is 0.144. The molecule has 3 rings (SSSR count). The van der Waals surface area contributed by atoms with Gasteiger partial charge in [0.25, 0.3) is 11.8 Å². The molecule has 0 radical (unpaired) electrons. The number of nitrogens with zero attached hydrogens (tertiary/aromatic N) is 1. The number of hydrogen-bond acceptors (Lipinski definition) is 3. The lowest BCUT2D eigenvalue weighted by molar-refractivity contribution is -0.145. The Morgan fingerprint density at radius 2 is 1.71 bits per heavy atom. The number of imide groups is 1. The summed E-state index contributed by atoms with van der Waals surface area (Å²) in [6.07, 6.45) is 0. The van der Waals surface area contributed by atoms with Crippen LogP contribution >= 0.6 is 11.6 Å². The maximum atomic E-state index is 12.6. The number of fused-ring (bicyclic) bond motifs is 1. The normalized spacial score (nSPS) is 21.4. The molecule has 0 aromatic heterocycles. The van der Waals surface area contributed by atoms with E-state index in [9.17, 15) is 14.7 Å². The molecule has 106 valence electrons. The average molecular weight is 302 g/mol. The molecular formula is C16H12ClNO3. The van der Waals surface area contributed by atoms with Crippen molar-refractivity contribution in [1.82, 2.24) is 4.90 Å². The molecule has 2 aromatic carbocycles. The molecule has 2 aromatic rings. The van der Waals surface area contributed by atoms with Gasteiger partial charge in [0.1, 0.15) is 0 Å². The number of rotatable bonds is 1. The van der Waals surface area contributed by atoms with Crippen molar-refractivity contribution >= 4 is 23.4 Å². The predicted molar refractivity (Wildman–Crippen MR) is 78.0 cm³/mol. The van der Waals surface area contributed by atoms with Crippen LogP contribution in [0.5, 0.6) is 0 Å². The van der Waals surface area contributed by atoms with Gasteiger partial charge < -0.3 is 5.11 Å². The number of amides is 2. The Morgan fingerprint density at radius 1 is 1.05 bits per heavy atom. The highest BCUT2D eigenvalue weighted by molar-refractivity contribution is 6.33. The lowest BCUT2D eigenvalue weighted by Gasteiger charge is -2.37. The van der Waals surface area contributed by atoms with Gasteiger partial charge in [0.05, 0.1) is 0 Å². The number of hydrogen-bond donors (Lipinski definition) is 1. The Labute approximate surface area is 126 Å². The van der Waals surface area contributed by atoms with Crippen molar-refractivity contribution in [3.8, 4) is 0 Å². The smallest absolute Gasteiger partial charge is 0.270 e. The highest BCUT2D eigenvalue weighted by Gasteiger charge is 2.50. The molecule has 1 N–H and O–H groups in total. The van der Waals surface area contributed by atoms with Crippen molar-refractivity contribution in [2.75, 3.05) is 7.05 Å². The van der Waals surface area contributed by atoms with E-state index in [1.165, 1.54) is 7.05 Å². The lowest BCUT2D eigenvalue weighted by Crippen LogP contribution is -2.53. The second-order valence-electron chi connectivity index (χ2n) is 4.91. The molecule has 1 unspecified atom stereocenters. The number of carbonyl (C=O) groups excluding carboxylic acids is 2. The third kappa shape index (κ3) is 1.80.